The molecule has 0 saturated heterocycles. The molecule has 0 aliphatic heterocycles. The Morgan fingerprint density at radius 2 is 1.75 bits per heavy atom. The van der Waals surface area contributed by atoms with Gasteiger partial charge in [0.1, 0.15) is 17.5 Å². The standard InChI is InChI=1S/C7H7FN2O2.C6H4F2/c1-3-4(8)2-5(9)6(10-3)7(11)12;7-5-2-1-3-6(8)4-5/h2H,9H2,1H3,(H,11,12);1-4H. The Kier molecular flexibility index (Phi) is 5.08. The molecule has 3 N–H and O–H groups in total. The number of aromatic nitrogens is 1. The van der Waals surface area contributed by atoms with E-state index < -0.39 is 23.4 Å². The van der Waals surface area contributed by atoms with E-state index in [0.29, 0.717) is 0 Å². The van der Waals surface area contributed by atoms with Gasteiger partial charge in [-0.3, -0.25) is 0 Å². The second kappa shape index (κ2) is 6.55. The number of aryl methyl sites for hydroxylation is 1. The summed E-state index contributed by atoms with van der Waals surface area (Å²) in [7, 11) is 0. The van der Waals surface area contributed by atoms with E-state index in [4.69, 9.17) is 10.8 Å². The van der Waals surface area contributed by atoms with Gasteiger partial charge in [0.05, 0.1) is 11.4 Å². The number of nitrogen functional groups attached to an aromatic ring is 1. The Bertz CT molecular complexity index is 616. The monoisotopic (exact) mass is 284 g/mol. The molecule has 106 valence electrons. The summed E-state index contributed by atoms with van der Waals surface area (Å²) in [5.74, 6) is -2.93. The molecule has 4 nitrogen and oxygen atoms in total. The number of benzene rings is 1. The van der Waals surface area contributed by atoms with Gasteiger partial charge in [0.15, 0.2) is 5.69 Å². The molecule has 0 radical (unpaired) electrons. The molecule has 1 heterocycles. The first kappa shape index (κ1) is 15.5. The predicted molar refractivity (Wildman–Crippen MR) is 66.7 cm³/mol. The van der Waals surface area contributed by atoms with Gasteiger partial charge < -0.3 is 10.8 Å². The van der Waals surface area contributed by atoms with Gasteiger partial charge in [-0.25, -0.2) is 22.9 Å². The van der Waals surface area contributed by atoms with Crippen LogP contribution in [-0.2, 0) is 0 Å². The van der Waals surface area contributed by atoms with Crippen LogP contribution in [-0.4, -0.2) is 16.1 Å². The number of hydrogen-bond donors (Lipinski definition) is 2. The number of halogens is 3. The third kappa shape index (κ3) is 4.27. The molecule has 0 atom stereocenters. The van der Waals surface area contributed by atoms with E-state index >= 15 is 0 Å². The van der Waals surface area contributed by atoms with E-state index in [1.807, 2.05) is 0 Å². The number of aromatic carboxylic acids is 1. The smallest absolute Gasteiger partial charge is 0.356 e. The van der Waals surface area contributed by atoms with Crippen LogP contribution in [0.25, 0.3) is 0 Å². The quantitative estimate of drug-likeness (QED) is 0.844. The van der Waals surface area contributed by atoms with Crippen LogP contribution in [0.3, 0.4) is 0 Å². The Hall–Kier alpha value is -2.57. The van der Waals surface area contributed by atoms with Gasteiger partial charge in [0.25, 0.3) is 0 Å². The lowest BCUT2D eigenvalue weighted by Crippen LogP contribution is -2.07. The minimum absolute atomic E-state index is 0.0293. The average Bonchev–Trinajstić information content (AvgIpc) is 2.34. The number of hydrogen-bond acceptors (Lipinski definition) is 3. The van der Waals surface area contributed by atoms with Crippen molar-refractivity contribution in [1.82, 2.24) is 4.98 Å². The topological polar surface area (TPSA) is 76.2 Å². The number of pyridine rings is 1. The SMILES string of the molecule is Cc1nc(C(=O)O)c(N)cc1F.Fc1cccc(F)c1. The molecule has 0 amide bonds. The summed E-state index contributed by atoms with van der Waals surface area (Å²) in [4.78, 5) is 13.9. The minimum atomic E-state index is -1.25. The number of carboxylic acids is 1. The maximum atomic E-state index is 12.7. The first-order valence-electron chi connectivity index (χ1n) is 5.38. The molecule has 2 rings (SSSR count). The van der Waals surface area contributed by atoms with Crippen molar-refractivity contribution < 1.29 is 23.1 Å². The van der Waals surface area contributed by atoms with Crippen LogP contribution in [0.4, 0.5) is 18.9 Å². The molecule has 7 heteroatoms. The van der Waals surface area contributed by atoms with E-state index in [1.165, 1.54) is 25.1 Å². The van der Waals surface area contributed by atoms with Crippen molar-refractivity contribution >= 4 is 11.7 Å². The van der Waals surface area contributed by atoms with Crippen molar-refractivity contribution in [2.24, 2.45) is 0 Å². The van der Waals surface area contributed by atoms with Crippen molar-refractivity contribution in [2.45, 2.75) is 6.92 Å². The van der Waals surface area contributed by atoms with Gasteiger partial charge in [-0.2, -0.15) is 0 Å². The van der Waals surface area contributed by atoms with Crippen LogP contribution in [0, 0.1) is 24.4 Å². The number of anilines is 1. The molecular formula is C13H11F3N2O2. The number of carboxylic acid groups (broad SMARTS) is 1. The van der Waals surface area contributed by atoms with Crippen molar-refractivity contribution in [3.8, 4) is 0 Å². The zero-order valence-corrected chi connectivity index (χ0v) is 10.4. The molecule has 0 bridgehead atoms. The average molecular weight is 284 g/mol. The van der Waals surface area contributed by atoms with Crippen LogP contribution in [0.1, 0.15) is 16.2 Å². The van der Waals surface area contributed by atoms with E-state index in [-0.39, 0.29) is 17.1 Å². The molecule has 1 aromatic carbocycles. The second-order valence-corrected chi connectivity index (χ2v) is 3.74. The van der Waals surface area contributed by atoms with Crippen molar-refractivity contribution in [3.63, 3.8) is 0 Å². The normalized spacial score (nSPS) is 9.60. The van der Waals surface area contributed by atoms with Crippen LogP contribution in [0.5, 0.6) is 0 Å². The van der Waals surface area contributed by atoms with Gasteiger partial charge in [-0.05, 0) is 19.1 Å². The largest absolute Gasteiger partial charge is 0.476 e. The van der Waals surface area contributed by atoms with Crippen molar-refractivity contribution in [2.75, 3.05) is 5.73 Å². The fourth-order valence-corrected chi connectivity index (χ4v) is 1.23. The summed E-state index contributed by atoms with van der Waals surface area (Å²) in [5, 5.41) is 8.52. The lowest BCUT2D eigenvalue weighted by Gasteiger charge is -2.01. The fraction of sp³-hybridized carbons (Fsp3) is 0.0769. The highest BCUT2D eigenvalue weighted by molar-refractivity contribution is 5.91. The molecule has 0 unspecified atom stereocenters. The van der Waals surface area contributed by atoms with E-state index in [9.17, 15) is 18.0 Å². The third-order valence-electron chi connectivity index (χ3n) is 2.17. The Labute approximate surface area is 112 Å². The minimum Gasteiger partial charge on any atom is -0.476 e. The Balaban J connectivity index is 0.000000217. The molecule has 20 heavy (non-hydrogen) atoms. The number of rotatable bonds is 1. The predicted octanol–water partition coefficient (Wildman–Crippen LogP) is 2.77. The summed E-state index contributed by atoms with van der Waals surface area (Å²) >= 11 is 0. The van der Waals surface area contributed by atoms with Crippen molar-refractivity contribution in [1.29, 1.82) is 0 Å². The fourth-order valence-electron chi connectivity index (χ4n) is 1.23. The molecule has 0 aliphatic carbocycles. The van der Waals surface area contributed by atoms with Crippen LogP contribution < -0.4 is 5.73 Å². The highest BCUT2D eigenvalue weighted by Gasteiger charge is 2.12. The first-order chi connectivity index (χ1) is 9.31. The summed E-state index contributed by atoms with van der Waals surface area (Å²) < 4.78 is 36.5. The van der Waals surface area contributed by atoms with Gasteiger partial charge in [-0.15, -0.1) is 0 Å². The molecular weight excluding hydrogens is 273 g/mol. The van der Waals surface area contributed by atoms with Gasteiger partial charge >= 0.3 is 5.97 Å². The number of nitrogens with two attached hydrogens (primary N) is 1. The third-order valence-corrected chi connectivity index (χ3v) is 2.17. The Morgan fingerprint density at radius 3 is 2.15 bits per heavy atom. The van der Waals surface area contributed by atoms with E-state index in [1.54, 1.807) is 0 Å². The van der Waals surface area contributed by atoms with Crippen LogP contribution in [0.15, 0.2) is 30.3 Å². The highest BCUT2D eigenvalue weighted by Crippen LogP contribution is 2.13. The molecule has 0 fully saturated rings. The summed E-state index contributed by atoms with van der Waals surface area (Å²) in [6.45, 7) is 1.38. The molecule has 0 aliphatic rings. The van der Waals surface area contributed by atoms with E-state index in [2.05, 4.69) is 4.98 Å². The van der Waals surface area contributed by atoms with Crippen LogP contribution in [0.2, 0.25) is 0 Å². The molecule has 0 spiro atoms. The zero-order chi connectivity index (χ0) is 15.3. The highest BCUT2D eigenvalue weighted by atomic mass is 19.1. The summed E-state index contributed by atoms with van der Waals surface area (Å²) in [5.41, 5.74) is 4.76. The number of carbonyl (C=O) groups is 1. The van der Waals surface area contributed by atoms with Crippen molar-refractivity contribution in [3.05, 3.63) is 59.2 Å². The number of nitrogens with zero attached hydrogens (tertiary/aromatic N) is 1. The Morgan fingerprint density at radius 1 is 1.20 bits per heavy atom. The lowest BCUT2D eigenvalue weighted by molar-refractivity contribution is 0.0691. The first-order valence-corrected chi connectivity index (χ1v) is 5.38. The molecule has 2 aromatic rings. The zero-order valence-electron chi connectivity index (χ0n) is 10.4. The molecule has 1 aromatic heterocycles. The van der Waals surface area contributed by atoms with Gasteiger partial charge in [0.2, 0.25) is 0 Å². The van der Waals surface area contributed by atoms with E-state index in [0.717, 1.165) is 12.1 Å². The maximum absolute atomic E-state index is 12.7. The van der Waals surface area contributed by atoms with Gasteiger partial charge in [0, 0.05) is 12.1 Å². The maximum Gasteiger partial charge on any atom is 0.356 e. The van der Waals surface area contributed by atoms with Gasteiger partial charge in [-0.1, -0.05) is 6.07 Å². The lowest BCUT2D eigenvalue weighted by atomic mass is 10.2. The summed E-state index contributed by atoms with van der Waals surface area (Å²) in [6.07, 6.45) is 0. The summed E-state index contributed by atoms with van der Waals surface area (Å²) in [6, 6.07) is 5.50. The van der Waals surface area contributed by atoms with Crippen LogP contribution >= 0.6 is 0 Å². The second-order valence-electron chi connectivity index (χ2n) is 3.74. The molecule has 0 saturated carbocycles.